The van der Waals surface area contributed by atoms with Gasteiger partial charge in [0.1, 0.15) is 5.82 Å². The number of nitrogens with two attached hydrogens (primary N) is 1. The van der Waals surface area contributed by atoms with E-state index in [1.807, 2.05) is 17.9 Å². The van der Waals surface area contributed by atoms with Crippen LogP contribution in [0.15, 0.2) is 12.3 Å². The summed E-state index contributed by atoms with van der Waals surface area (Å²) in [7, 11) is 0. The Bertz CT molecular complexity index is 510. The van der Waals surface area contributed by atoms with Gasteiger partial charge in [-0.3, -0.25) is 4.79 Å². The standard InChI is InChI=1S/C15H22N4O/c1-11-4-8-17-13(18-11)12-5-9-19(10-12)14(20)15(16)6-2-3-7-15/h4,8,12H,2-3,5-7,9-10,16H2,1H3/t12-/m1/s1. The van der Waals surface area contributed by atoms with Crippen molar-refractivity contribution in [2.45, 2.75) is 50.5 Å². The van der Waals surface area contributed by atoms with Crippen molar-refractivity contribution >= 4 is 5.91 Å². The number of rotatable bonds is 2. The first kappa shape index (κ1) is 13.5. The van der Waals surface area contributed by atoms with Gasteiger partial charge in [-0.05, 0) is 32.3 Å². The zero-order valence-corrected chi connectivity index (χ0v) is 12.0. The lowest BCUT2D eigenvalue weighted by atomic mass is 9.97. The van der Waals surface area contributed by atoms with E-state index < -0.39 is 5.54 Å². The Morgan fingerprint density at radius 3 is 2.90 bits per heavy atom. The molecular weight excluding hydrogens is 252 g/mol. The molecule has 2 heterocycles. The molecule has 0 radical (unpaired) electrons. The van der Waals surface area contributed by atoms with Gasteiger partial charge in [-0.1, -0.05) is 12.8 Å². The Labute approximate surface area is 119 Å². The smallest absolute Gasteiger partial charge is 0.242 e. The zero-order valence-electron chi connectivity index (χ0n) is 12.0. The van der Waals surface area contributed by atoms with Crippen LogP contribution in [0.3, 0.4) is 0 Å². The molecule has 1 saturated heterocycles. The average molecular weight is 274 g/mol. The van der Waals surface area contributed by atoms with E-state index in [1.54, 1.807) is 6.20 Å². The van der Waals surface area contributed by atoms with Crippen molar-refractivity contribution in [1.29, 1.82) is 0 Å². The quantitative estimate of drug-likeness (QED) is 0.884. The first-order valence-electron chi connectivity index (χ1n) is 7.46. The summed E-state index contributed by atoms with van der Waals surface area (Å²) in [6, 6.07) is 1.90. The van der Waals surface area contributed by atoms with Crippen LogP contribution in [0.5, 0.6) is 0 Å². The van der Waals surface area contributed by atoms with Crippen LogP contribution in [-0.4, -0.2) is 39.4 Å². The van der Waals surface area contributed by atoms with E-state index in [-0.39, 0.29) is 11.8 Å². The number of aryl methyl sites for hydroxylation is 1. The maximum Gasteiger partial charge on any atom is 0.242 e. The molecule has 1 aromatic heterocycles. The van der Waals surface area contributed by atoms with Crippen LogP contribution >= 0.6 is 0 Å². The van der Waals surface area contributed by atoms with Crippen molar-refractivity contribution in [3.63, 3.8) is 0 Å². The molecule has 1 aliphatic carbocycles. The third-order valence-corrected chi connectivity index (χ3v) is 4.58. The monoisotopic (exact) mass is 274 g/mol. The average Bonchev–Trinajstić information content (AvgIpc) is 3.07. The molecule has 0 unspecified atom stereocenters. The molecule has 5 heteroatoms. The van der Waals surface area contributed by atoms with Gasteiger partial charge in [0.05, 0.1) is 5.54 Å². The van der Waals surface area contributed by atoms with Gasteiger partial charge < -0.3 is 10.6 Å². The normalized spacial score (nSPS) is 25.1. The first-order valence-corrected chi connectivity index (χ1v) is 7.46. The van der Waals surface area contributed by atoms with E-state index in [4.69, 9.17) is 5.73 Å². The molecule has 0 aromatic carbocycles. The molecule has 20 heavy (non-hydrogen) atoms. The fraction of sp³-hybridized carbons (Fsp3) is 0.667. The van der Waals surface area contributed by atoms with Crippen LogP contribution in [0.25, 0.3) is 0 Å². The van der Waals surface area contributed by atoms with Gasteiger partial charge in [0.2, 0.25) is 5.91 Å². The highest BCUT2D eigenvalue weighted by Crippen LogP contribution is 2.32. The fourth-order valence-corrected chi connectivity index (χ4v) is 3.36. The van der Waals surface area contributed by atoms with E-state index >= 15 is 0 Å². The van der Waals surface area contributed by atoms with Gasteiger partial charge in [-0.2, -0.15) is 0 Å². The van der Waals surface area contributed by atoms with Gasteiger partial charge in [-0.25, -0.2) is 9.97 Å². The molecule has 1 atom stereocenters. The number of hydrogen-bond acceptors (Lipinski definition) is 4. The number of carbonyl (C=O) groups excluding carboxylic acids is 1. The SMILES string of the molecule is Cc1ccnc([C@@H]2CCN(C(=O)C3(N)CCCC3)C2)n1. The lowest BCUT2D eigenvalue weighted by molar-refractivity contribution is -0.135. The summed E-state index contributed by atoms with van der Waals surface area (Å²) in [5.41, 5.74) is 6.64. The van der Waals surface area contributed by atoms with Crippen molar-refractivity contribution in [3.8, 4) is 0 Å². The van der Waals surface area contributed by atoms with Crippen LogP contribution in [0.1, 0.15) is 49.5 Å². The second-order valence-electron chi connectivity index (χ2n) is 6.16. The summed E-state index contributed by atoms with van der Waals surface area (Å²) in [6.45, 7) is 3.46. The van der Waals surface area contributed by atoms with E-state index in [9.17, 15) is 4.79 Å². The topological polar surface area (TPSA) is 72.1 Å². The molecular formula is C15H22N4O. The van der Waals surface area contributed by atoms with Crippen molar-refractivity contribution in [3.05, 3.63) is 23.8 Å². The summed E-state index contributed by atoms with van der Waals surface area (Å²) in [6.07, 6.45) is 6.53. The van der Waals surface area contributed by atoms with Crippen molar-refractivity contribution in [2.75, 3.05) is 13.1 Å². The Morgan fingerprint density at radius 2 is 2.20 bits per heavy atom. The minimum absolute atomic E-state index is 0.130. The van der Waals surface area contributed by atoms with Gasteiger partial charge >= 0.3 is 0 Å². The number of hydrogen-bond donors (Lipinski definition) is 1. The third kappa shape index (κ3) is 2.42. The van der Waals surface area contributed by atoms with E-state index in [2.05, 4.69) is 9.97 Å². The number of carbonyl (C=O) groups is 1. The third-order valence-electron chi connectivity index (χ3n) is 4.58. The molecule has 1 saturated carbocycles. The molecule has 2 N–H and O–H groups in total. The zero-order chi connectivity index (χ0) is 14.2. The maximum atomic E-state index is 12.6. The Balaban J connectivity index is 1.69. The number of aromatic nitrogens is 2. The summed E-state index contributed by atoms with van der Waals surface area (Å²) >= 11 is 0. The Morgan fingerprint density at radius 1 is 1.45 bits per heavy atom. The van der Waals surface area contributed by atoms with Gasteiger partial charge in [-0.15, -0.1) is 0 Å². The molecule has 1 aliphatic heterocycles. The minimum atomic E-state index is -0.609. The number of likely N-dealkylation sites (tertiary alicyclic amines) is 1. The summed E-state index contributed by atoms with van der Waals surface area (Å²) in [5, 5.41) is 0. The second-order valence-corrected chi connectivity index (χ2v) is 6.16. The van der Waals surface area contributed by atoms with Gasteiger partial charge in [0, 0.05) is 30.9 Å². The van der Waals surface area contributed by atoms with Crippen LogP contribution in [0.2, 0.25) is 0 Å². The van der Waals surface area contributed by atoms with Crippen LogP contribution < -0.4 is 5.73 Å². The number of amides is 1. The summed E-state index contributed by atoms with van der Waals surface area (Å²) in [5.74, 6) is 1.24. The largest absolute Gasteiger partial charge is 0.340 e. The van der Waals surface area contributed by atoms with Crippen LogP contribution in [-0.2, 0) is 4.79 Å². The second kappa shape index (κ2) is 5.13. The molecule has 2 aliphatic rings. The molecule has 2 fully saturated rings. The fourth-order valence-electron chi connectivity index (χ4n) is 3.36. The van der Waals surface area contributed by atoms with E-state index in [0.717, 1.165) is 50.2 Å². The highest BCUT2D eigenvalue weighted by atomic mass is 16.2. The molecule has 0 bridgehead atoms. The first-order chi connectivity index (χ1) is 9.58. The highest BCUT2D eigenvalue weighted by Gasteiger charge is 2.42. The molecule has 0 spiro atoms. The molecule has 5 nitrogen and oxygen atoms in total. The van der Waals surface area contributed by atoms with Crippen molar-refractivity contribution < 1.29 is 4.79 Å². The number of nitrogens with zero attached hydrogens (tertiary/aromatic N) is 3. The Kier molecular flexibility index (Phi) is 3.46. The predicted molar refractivity (Wildman–Crippen MR) is 76.1 cm³/mol. The lowest BCUT2D eigenvalue weighted by Gasteiger charge is -2.28. The minimum Gasteiger partial charge on any atom is -0.340 e. The maximum absolute atomic E-state index is 12.6. The van der Waals surface area contributed by atoms with Crippen molar-refractivity contribution in [1.82, 2.24) is 14.9 Å². The summed E-state index contributed by atoms with van der Waals surface area (Å²) in [4.78, 5) is 23.3. The van der Waals surface area contributed by atoms with Crippen molar-refractivity contribution in [2.24, 2.45) is 5.73 Å². The molecule has 1 aromatic rings. The summed E-state index contributed by atoms with van der Waals surface area (Å²) < 4.78 is 0. The van der Waals surface area contributed by atoms with Gasteiger partial charge in [0.25, 0.3) is 0 Å². The van der Waals surface area contributed by atoms with E-state index in [1.165, 1.54) is 0 Å². The molecule has 1 amide bonds. The van der Waals surface area contributed by atoms with Gasteiger partial charge in [0.15, 0.2) is 0 Å². The lowest BCUT2D eigenvalue weighted by Crippen LogP contribution is -2.52. The highest BCUT2D eigenvalue weighted by molar-refractivity contribution is 5.86. The van der Waals surface area contributed by atoms with E-state index in [0.29, 0.717) is 6.54 Å². The van der Waals surface area contributed by atoms with Crippen LogP contribution in [0, 0.1) is 6.92 Å². The Hall–Kier alpha value is -1.49. The van der Waals surface area contributed by atoms with Crippen LogP contribution in [0.4, 0.5) is 0 Å². The predicted octanol–water partition coefficient (Wildman–Crippen LogP) is 1.37. The molecule has 108 valence electrons. The molecule has 3 rings (SSSR count).